The van der Waals surface area contributed by atoms with Gasteiger partial charge >= 0.3 is 0 Å². The lowest BCUT2D eigenvalue weighted by atomic mass is 9.95. The van der Waals surface area contributed by atoms with Gasteiger partial charge in [-0.15, -0.1) is 6.58 Å². The van der Waals surface area contributed by atoms with Gasteiger partial charge in [-0.3, -0.25) is 0 Å². The van der Waals surface area contributed by atoms with Crippen LogP contribution in [0.2, 0.25) is 0 Å². The van der Waals surface area contributed by atoms with E-state index in [0.717, 1.165) is 19.3 Å². The molecule has 3 atom stereocenters. The van der Waals surface area contributed by atoms with Crippen molar-refractivity contribution in [1.29, 1.82) is 0 Å². The first kappa shape index (κ1) is 13.5. The maximum atomic E-state index is 5.84. The molecular formula is C14H24O2. The third kappa shape index (κ3) is 4.95. The van der Waals surface area contributed by atoms with Gasteiger partial charge in [0.25, 0.3) is 0 Å². The van der Waals surface area contributed by atoms with Crippen molar-refractivity contribution in [2.75, 3.05) is 6.61 Å². The van der Waals surface area contributed by atoms with E-state index in [2.05, 4.69) is 26.5 Å². The average molecular weight is 224 g/mol. The second-order valence-electron chi connectivity index (χ2n) is 4.75. The van der Waals surface area contributed by atoms with Crippen LogP contribution in [0.3, 0.4) is 0 Å². The zero-order valence-corrected chi connectivity index (χ0v) is 10.7. The van der Waals surface area contributed by atoms with Crippen molar-refractivity contribution in [3.8, 4) is 0 Å². The minimum Gasteiger partial charge on any atom is -0.349 e. The van der Waals surface area contributed by atoms with Crippen molar-refractivity contribution >= 4 is 0 Å². The molecule has 1 unspecified atom stereocenters. The Balaban J connectivity index is 2.32. The molecule has 92 valence electrons. The molecular weight excluding hydrogens is 200 g/mol. The van der Waals surface area contributed by atoms with Gasteiger partial charge in [-0.05, 0) is 45.1 Å². The molecule has 0 aromatic carbocycles. The van der Waals surface area contributed by atoms with Crippen LogP contribution in [-0.4, -0.2) is 19.0 Å². The van der Waals surface area contributed by atoms with Gasteiger partial charge in [0.1, 0.15) is 0 Å². The van der Waals surface area contributed by atoms with Crippen molar-refractivity contribution in [3.05, 3.63) is 24.3 Å². The summed E-state index contributed by atoms with van der Waals surface area (Å²) >= 11 is 0. The van der Waals surface area contributed by atoms with Gasteiger partial charge in [-0.1, -0.05) is 18.6 Å². The van der Waals surface area contributed by atoms with Gasteiger partial charge in [0.05, 0.1) is 6.10 Å². The summed E-state index contributed by atoms with van der Waals surface area (Å²) in [6.07, 6.45) is 7.51. The van der Waals surface area contributed by atoms with Crippen LogP contribution in [0.5, 0.6) is 0 Å². The van der Waals surface area contributed by atoms with Gasteiger partial charge in [0.2, 0.25) is 0 Å². The van der Waals surface area contributed by atoms with Crippen molar-refractivity contribution in [3.63, 3.8) is 0 Å². The van der Waals surface area contributed by atoms with E-state index in [1.807, 2.05) is 13.0 Å². The number of rotatable bonds is 6. The smallest absolute Gasteiger partial charge is 0.177 e. The maximum absolute atomic E-state index is 5.84. The molecule has 1 aliphatic heterocycles. The third-order valence-corrected chi connectivity index (χ3v) is 2.71. The van der Waals surface area contributed by atoms with Crippen molar-refractivity contribution < 1.29 is 9.47 Å². The van der Waals surface area contributed by atoms with Gasteiger partial charge in [0, 0.05) is 6.61 Å². The number of hydrogen-bond donors (Lipinski definition) is 0. The van der Waals surface area contributed by atoms with Gasteiger partial charge in [-0.2, -0.15) is 0 Å². The van der Waals surface area contributed by atoms with Crippen LogP contribution in [0.4, 0.5) is 0 Å². The highest BCUT2D eigenvalue weighted by atomic mass is 16.7. The summed E-state index contributed by atoms with van der Waals surface area (Å²) in [5.41, 5.74) is 1.25. The van der Waals surface area contributed by atoms with Crippen LogP contribution < -0.4 is 0 Å². The fraction of sp³-hybridized carbons (Fsp3) is 0.714. The molecule has 0 bridgehead atoms. The molecule has 0 fully saturated rings. The van der Waals surface area contributed by atoms with Gasteiger partial charge < -0.3 is 9.47 Å². The lowest BCUT2D eigenvalue weighted by Crippen LogP contribution is -2.27. The third-order valence-electron chi connectivity index (χ3n) is 2.71. The first-order valence-corrected chi connectivity index (χ1v) is 6.20. The molecule has 0 N–H and O–H groups in total. The molecule has 0 saturated carbocycles. The van der Waals surface area contributed by atoms with Crippen molar-refractivity contribution in [1.82, 2.24) is 0 Å². The predicted octanol–water partition coefficient (Wildman–Crippen LogP) is 3.69. The molecule has 2 nitrogen and oxygen atoms in total. The molecule has 0 radical (unpaired) electrons. The van der Waals surface area contributed by atoms with E-state index in [1.165, 1.54) is 5.57 Å². The first-order chi connectivity index (χ1) is 7.61. The number of allylic oxidation sites excluding steroid dienone is 1. The average Bonchev–Trinajstić information content (AvgIpc) is 2.17. The molecule has 0 aliphatic carbocycles. The Morgan fingerprint density at radius 1 is 1.62 bits per heavy atom. The van der Waals surface area contributed by atoms with Crippen LogP contribution in [0.15, 0.2) is 24.3 Å². The normalized spacial score (nSPS) is 26.7. The van der Waals surface area contributed by atoms with Gasteiger partial charge in [0.15, 0.2) is 6.29 Å². The van der Waals surface area contributed by atoms with E-state index < -0.39 is 0 Å². The van der Waals surface area contributed by atoms with Crippen LogP contribution in [0.25, 0.3) is 0 Å². The summed E-state index contributed by atoms with van der Waals surface area (Å²) in [6.45, 7) is 11.0. The Hall–Kier alpha value is -0.600. The molecule has 2 heteroatoms. The SMILES string of the molecule is C=C(C)C[C@H](C)C[C@@H]1CC=CC(OCC)O1. The Kier molecular flexibility index (Phi) is 5.78. The van der Waals surface area contributed by atoms with Crippen LogP contribution in [0, 0.1) is 5.92 Å². The Morgan fingerprint density at radius 2 is 2.38 bits per heavy atom. The summed E-state index contributed by atoms with van der Waals surface area (Å²) in [7, 11) is 0. The monoisotopic (exact) mass is 224 g/mol. The summed E-state index contributed by atoms with van der Waals surface area (Å²) in [4.78, 5) is 0. The topological polar surface area (TPSA) is 18.5 Å². The Morgan fingerprint density at radius 3 is 3.00 bits per heavy atom. The van der Waals surface area contributed by atoms with Crippen molar-refractivity contribution in [2.45, 2.75) is 52.4 Å². The summed E-state index contributed by atoms with van der Waals surface area (Å²) in [5, 5.41) is 0. The molecule has 1 rings (SSSR count). The van der Waals surface area contributed by atoms with E-state index in [0.29, 0.717) is 18.6 Å². The Bertz CT molecular complexity index is 245. The summed E-state index contributed by atoms with van der Waals surface area (Å²) < 4.78 is 11.3. The zero-order valence-electron chi connectivity index (χ0n) is 10.7. The lowest BCUT2D eigenvalue weighted by Gasteiger charge is -2.27. The van der Waals surface area contributed by atoms with E-state index in [1.54, 1.807) is 0 Å². The highest BCUT2D eigenvalue weighted by Gasteiger charge is 2.20. The van der Waals surface area contributed by atoms with Crippen LogP contribution >= 0.6 is 0 Å². The van der Waals surface area contributed by atoms with E-state index >= 15 is 0 Å². The highest BCUT2D eigenvalue weighted by Crippen LogP contribution is 2.23. The number of hydrogen-bond acceptors (Lipinski definition) is 2. The van der Waals surface area contributed by atoms with E-state index in [4.69, 9.17) is 9.47 Å². The van der Waals surface area contributed by atoms with E-state index in [-0.39, 0.29) is 6.29 Å². The predicted molar refractivity (Wildman–Crippen MR) is 67.3 cm³/mol. The first-order valence-electron chi connectivity index (χ1n) is 6.20. The largest absolute Gasteiger partial charge is 0.349 e. The standard InChI is InChI=1S/C14H24O2/c1-5-15-14-8-6-7-13(16-14)10-12(4)9-11(2)3/h6,8,12-14H,2,5,7,9-10H2,1,3-4H3/t12-,13-,14?/m0/s1. The number of ether oxygens (including phenoxy) is 2. The van der Waals surface area contributed by atoms with Crippen molar-refractivity contribution in [2.24, 2.45) is 5.92 Å². The highest BCUT2D eigenvalue weighted by molar-refractivity contribution is 4.94. The minimum atomic E-state index is -0.138. The minimum absolute atomic E-state index is 0.138. The summed E-state index contributed by atoms with van der Waals surface area (Å²) in [6, 6.07) is 0. The maximum Gasteiger partial charge on any atom is 0.177 e. The molecule has 0 spiro atoms. The molecule has 1 aliphatic rings. The Labute approximate surface area is 99.3 Å². The quantitative estimate of drug-likeness (QED) is 0.641. The van der Waals surface area contributed by atoms with Crippen LogP contribution in [-0.2, 0) is 9.47 Å². The second-order valence-corrected chi connectivity index (χ2v) is 4.75. The van der Waals surface area contributed by atoms with Crippen LogP contribution in [0.1, 0.15) is 40.0 Å². The molecule has 1 heterocycles. The van der Waals surface area contributed by atoms with E-state index in [9.17, 15) is 0 Å². The molecule has 0 saturated heterocycles. The fourth-order valence-electron chi connectivity index (χ4n) is 2.17. The molecule has 0 aromatic heterocycles. The summed E-state index contributed by atoms with van der Waals surface area (Å²) in [5.74, 6) is 0.635. The van der Waals surface area contributed by atoms with Gasteiger partial charge in [-0.25, -0.2) is 0 Å². The second kappa shape index (κ2) is 6.87. The molecule has 0 amide bonds. The fourth-order valence-corrected chi connectivity index (χ4v) is 2.17. The molecule has 0 aromatic rings. The zero-order chi connectivity index (χ0) is 12.0. The lowest BCUT2D eigenvalue weighted by molar-refractivity contribution is -0.148. The molecule has 16 heavy (non-hydrogen) atoms.